The van der Waals surface area contributed by atoms with Crippen molar-refractivity contribution in [1.29, 1.82) is 0 Å². The van der Waals surface area contributed by atoms with Gasteiger partial charge in [-0.3, -0.25) is 9.59 Å². The maximum atomic E-state index is 12.6. The van der Waals surface area contributed by atoms with E-state index < -0.39 is 0 Å². The molecule has 0 spiro atoms. The molecule has 0 unspecified atom stereocenters. The Labute approximate surface area is 143 Å². The summed E-state index contributed by atoms with van der Waals surface area (Å²) in [7, 11) is 0. The molecule has 2 bridgehead atoms. The second kappa shape index (κ2) is 6.58. The number of carbonyl (C=O) groups is 2. The zero-order valence-corrected chi connectivity index (χ0v) is 14.2. The zero-order chi connectivity index (χ0) is 16.5. The number of amides is 2. The minimum atomic E-state index is 0.0794. The third-order valence-electron chi connectivity index (χ3n) is 6.26. The van der Waals surface area contributed by atoms with Crippen LogP contribution in [0.1, 0.15) is 42.5 Å². The fourth-order valence-electron chi connectivity index (χ4n) is 4.90. The summed E-state index contributed by atoms with van der Waals surface area (Å²) in [6.07, 6.45) is 6.07. The molecule has 1 aromatic carbocycles. The van der Waals surface area contributed by atoms with E-state index >= 15 is 0 Å². The van der Waals surface area contributed by atoms with Gasteiger partial charge >= 0.3 is 0 Å². The third-order valence-corrected chi connectivity index (χ3v) is 6.26. The summed E-state index contributed by atoms with van der Waals surface area (Å²) >= 11 is 0. The average molecular weight is 326 g/mol. The Morgan fingerprint density at radius 3 is 2.25 bits per heavy atom. The van der Waals surface area contributed by atoms with Crippen LogP contribution in [0, 0.1) is 17.8 Å². The summed E-state index contributed by atoms with van der Waals surface area (Å²) in [6.45, 7) is 2.66. The van der Waals surface area contributed by atoms with Crippen molar-refractivity contribution in [3.05, 3.63) is 35.9 Å². The second-order valence-electron chi connectivity index (χ2n) is 7.68. The van der Waals surface area contributed by atoms with Crippen LogP contribution in [-0.2, 0) is 4.79 Å². The van der Waals surface area contributed by atoms with Gasteiger partial charge in [0.2, 0.25) is 5.91 Å². The lowest BCUT2D eigenvalue weighted by molar-refractivity contribution is -0.134. The topological polar surface area (TPSA) is 40.6 Å². The molecule has 1 aromatic rings. The van der Waals surface area contributed by atoms with Gasteiger partial charge in [0.15, 0.2) is 0 Å². The highest BCUT2D eigenvalue weighted by Gasteiger charge is 2.40. The van der Waals surface area contributed by atoms with Gasteiger partial charge < -0.3 is 9.80 Å². The molecule has 0 aromatic heterocycles. The van der Waals surface area contributed by atoms with Crippen LogP contribution in [0.3, 0.4) is 0 Å². The first kappa shape index (κ1) is 15.7. The van der Waals surface area contributed by atoms with Gasteiger partial charge in [-0.05, 0) is 49.1 Å². The van der Waals surface area contributed by atoms with Crippen LogP contribution < -0.4 is 0 Å². The fourth-order valence-corrected chi connectivity index (χ4v) is 4.90. The van der Waals surface area contributed by atoms with Gasteiger partial charge in [0, 0.05) is 38.2 Å². The number of piperazine rings is 1. The molecule has 3 fully saturated rings. The zero-order valence-electron chi connectivity index (χ0n) is 14.2. The Kier molecular flexibility index (Phi) is 4.30. The van der Waals surface area contributed by atoms with Crippen LogP contribution in [0.25, 0.3) is 0 Å². The number of nitrogens with zero attached hydrogens (tertiary/aromatic N) is 2. The first-order valence-electron chi connectivity index (χ1n) is 9.33. The van der Waals surface area contributed by atoms with Gasteiger partial charge in [0.1, 0.15) is 0 Å². The highest BCUT2D eigenvalue weighted by atomic mass is 16.2. The molecule has 1 saturated heterocycles. The van der Waals surface area contributed by atoms with E-state index in [9.17, 15) is 9.59 Å². The highest BCUT2D eigenvalue weighted by molar-refractivity contribution is 5.94. The second-order valence-corrected chi connectivity index (χ2v) is 7.68. The molecule has 4 nitrogen and oxygen atoms in total. The molecule has 2 saturated carbocycles. The minimum Gasteiger partial charge on any atom is -0.339 e. The van der Waals surface area contributed by atoms with Crippen LogP contribution in [0.2, 0.25) is 0 Å². The number of carbonyl (C=O) groups excluding carboxylic acids is 2. The summed E-state index contributed by atoms with van der Waals surface area (Å²) < 4.78 is 0. The number of fused-ring (bicyclic) bond motifs is 2. The van der Waals surface area contributed by atoms with Crippen molar-refractivity contribution in [3.63, 3.8) is 0 Å². The van der Waals surface area contributed by atoms with Crippen molar-refractivity contribution < 1.29 is 9.59 Å². The molecule has 4 rings (SSSR count). The molecule has 4 heteroatoms. The van der Waals surface area contributed by atoms with Gasteiger partial charge in [0.25, 0.3) is 5.91 Å². The Bertz CT molecular complexity index is 607. The van der Waals surface area contributed by atoms with E-state index in [1.807, 2.05) is 40.1 Å². The molecular formula is C20H26N2O2. The third kappa shape index (κ3) is 3.06. The van der Waals surface area contributed by atoms with Gasteiger partial charge in [-0.15, -0.1) is 0 Å². The van der Waals surface area contributed by atoms with E-state index in [1.54, 1.807) is 0 Å². The quantitative estimate of drug-likeness (QED) is 0.857. The van der Waals surface area contributed by atoms with Crippen LogP contribution in [0.5, 0.6) is 0 Å². The molecule has 2 amide bonds. The van der Waals surface area contributed by atoms with Crippen molar-refractivity contribution in [1.82, 2.24) is 9.80 Å². The molecule has 24 heavy (non-hydrogen) atoms. The SMILES string of the molecule is O=C(C[C@@H]1C[C@H]2CC[C@@H]1C2)N1CCN(C(=O)c2ccccc2)CC1. The summed E-state index contributed by atoms with van der Waals surface area (Å²) in [6, 6.07) is 9.41. The van der Waals surface area contributed by atoms with Crippen molar-refractivity contribution >= 4 is 11.8 Å². The van der Waals surface area contributed by atoms with Crippen molar-refractivity contribution in [3.8, 4) is 0 Å². The van der Waals surface area contributed by atoms with Crippen LogP contribution in [0.15, 0.2) is 30.3 Å². The van der Waals surface area contributed by atoms with E-state index in [1.165, 1.54) is 25.7 Å². The summed E-state index contributed by atoms with van der Waals surface area (Å²) in [4.78, 5) is 28.9. The lowest BCUT2D eigenvalue weighted by atomic mass is 9.86. The normalized spacial score (nSPS) is 29.1. The highest BCUT2D eigenvalue weighted by Crippen LogP contribution is 2.49. The molecule has 3 atom stereocenters. The first-order chi connectivity index (χ1) is 11.7. The van der Waals surface area contributed by atoms with E-state index in [0.717, 1.165) is 23.8 Å². The fraction of sp³-hybridized carbons (Fsp3) is 0.600. The van der Waals surface area contributed by atoms with E-state index in [2.05, 4.69) is 0 Å². The van der Waals surface area contributed by atoms with Gasteiger partial charge in [0.05, 0.1) is 0 Å². The van der Waals surface area contributed by atoms with E-state index in [4.69, 9.17) is 0 Å². The van der Waals surface area contributed by atoms with Crippen LogP contribution in [0.4, 0.5) is 0 Å². The molecule has 1 heterocycles. The number of rotatable bonds is 3. The summed E-state index contributed by atoms with van der Waals surface area (Å²) in [5.41, 5.74) is 0.735. The molecule has 2 aliphatic carbocycles. The smallest absolute Gasteiger partial charge is 0.253 e. The van der Waals surface area contributed by atoms with Crippen LogP contribution >= 0.6 is 0 Å². The van der Waals surface area contributed by atoms with Gasteiger partial charge in [-0.1, -0.05) is 24.6 Å². The van der Waals surface area contributed by atoms with E-state index in [-0.39, 0.29) is 5.91 Å². The minimum absolute atomic E-state index is 0.0794. The molecule has 1 aliphatic heterocycles. The molecule has 0 N–H and O–H groups in total. The predicted octanol–water partition coefficient (Wildman–Crippen LogP) is 2.80. The standard InChI is InChI=1S/C20H26N2O2/c23-19(14-18-13-15-6-7-17(18)12-15)21-8-10-22(11-9-21)20(24)16-4-2-1-3-5-16/h1-5,15,17-18H,6-14H2/t15-,17+,18-/m0/s1. The Balaban J connectivity index is 1.28. The van der Waals surface area contributed by atoms with E-state index in [0.29, 0.717) is 38.0 Å². The molecular weight excluding hydrogens is 300 g/mol. The maximum absolute atomic E-state index is 12.6. The van der Waals surface area contributed by atoms with Crippen molar-refractivity contribution in [2.75, 3.05) is 26.2 Å². The number of hydrogen-bond donors (Lipinski definition) is 0. The van der Waals surface area contributed by atoms with Crippen molar-refractivity contribution in [2.45, 2.75) is 32.1 Å². The predicted molar refractivity (Wildman–Crippen MR) is 92.5 cm³/mol. The largest absolute Gasteiger partial charge is 0.339 e. The first-order valence-corrected chi connectivity index (χ1v) is 9.33. The Morgan fingerprint density at radius 2 is 1.62 bits per heavy atom. The molecule has 128 valence electrons. The maximum Gasteiger partial charge on any atom is 0.253 e. The number of hydrogen-bond acceptors (Lipinski definition) is 2. The van der Waals surface area contributed by atoms with Crippen molar-refractivity contribution in [2.24, 2.45) is 17.8 Å². The summed E-state index contributed by atoms with van der Waals surface area (Å²) in [5, 5.41) is 0. The summed E-state index contributed by atoms with van der Waals surface area (Å²) in [5.74, 6) is 2.71. The van der Waals surface area contributed by atoms with Crippen LogP contribution in [-0.4, -0.2) is 47.8 Å². The van der Waals surface area contributed by atoms with Gasteiger partial charge in [-0.25, -0.2) is 0 Å². The lowest BCUT2D eigenvalue weighted by Crippen LogP contribution is -2.51. The molecule has 0 radical (unpaired) electrons. The monoisotopic (exact) mass is 326 g/mol. The number of benzene rings is 1. The lowest BCUT2D eigenvalue weighted by Gasteiger charge is -2.35. The Morgan fingerprint density at radius 1 is 0.917 bits per heavy atom. The molecule has 3 aliphatic rings. The van der Waals surface area contributed by atoms with Gasteiger partial charge in [-0.2, -0.15) is 0 Å². The average Bonchev–Trinajstić information content (AvgIpc) is 3.25. The Hall–Kier alpha value is -1.84.